The van der Waals surface area contributed by atoms with Crippen molar-refractivity contribution >= 4 is 35.1 Å². The van der Waals surface area contributed by atoms with E-state index in [1.807, 2.05) is 24.3 Å². The highest BCUT2D eigenvalue weighted by atomic mass is 35.5. The molecule has 0 saturated heterocycles. The van der Waals surface area contributed by atoms with E-state index in [2.05, 4.69) is 30.5 Å². The summed E-state index contributed by atoms with van der Waals surface area (Å²) in [6, 6.07) is 10.0. The van der Waals surface area contributed by atoms with E-state index in [1.54, 1.807) is 11.3 Å². The lowest BCUT2D eigenvalue weighted by molar-refractivity contribution is 1.63. The predicted molar refractivity (Wildman–Crippen MR) is 69.4 cm³/mol. The molecule has 2 heteroatoms. The highest BCUT2D eigenvalue weighted by Gasteiger charge is 1.91. The molecule has 0 aliphatic heterocycles. The van der Waals surface area contributed by atoms with Crippen LogP contribution in [0.25, 0.3) is 12.2 Å². The smallest absolute Gasteiger partial charge is 0.0406 e. The third kappa shape index (κ3) is 2.95. The quantitative estimate of drug-likeness (QED) is 0.695. The van der Waals surface area contributed by atoms with Crippen molar-refractivity contribution in [3.63, 3.8) is 0 Å². The summed E-state index contributed by atoms with van der Waals surface area (Å²) in [5.74, 6) is 0. The largest absolute Gasteiger partial charge is 0.149 e. The Kier molecular flexibility index (Phi) is 3.24. The van der Waals surface area contributed by atoms with Crippen LogP contribution in [-0.2, 0) is 0 Å². The summed E-state index contributed by atoms with van der Waals surface area (Å²) < 4.78 is 0. The molecular formula is C13H11ClS. The van der Waals surface area contributed by atoms with Gasteiger partial charge in [0.05, 0.1) is 0 Å². The lowest BCUT2D eigenvalue weighted by atomic mass is 10.2. The van der Waals surface area contributed by atoms with Crippen LogP contribution < -0.4 is 0 Å². The number of hydrogen-bond acceptors (Lipinski definition) is 1. The van der Waals surface area contributed by atoms with Gasteiger partial charge < -0.3 is 0 Å². The molecule has 0 nitrogen and oxygen atoms in total. The molecule has 0 amide bonds. The molecule has 1 aromatic carbocycles. The fourth-order valence-electron chi connectivity index (χ4n) is 1.32. The monoisotopic (exact) mass is 234 g/mol. The first-order valence-corrected chi connectivity index (χ1v) is 5.98. The third-order valence-corrected chi connectivity index (χ3v) is 3.22. The fourth-order valence-corrected chi connectivity index (χ4v) is 2.12. The van der Waals surface area contributed by atoms with Gasteiger partial charge in [0.15, 0.2) is 0 Å². The van der Waals surface area contributed by atoms with Gasteiger partial charge in [-0.05, 0) is 41.6 Å². The zero-order valence-corrected chi connectivity index (χ0v) is 9.98. The predicted octanol–water partition coefficient (Wildman–Crippen LogP) is 4.88. The maximum Gasteiger partial charge on any atom is 0.0406 e. The van der Waals surface area contributed by atoms with Crippen LogP contribution in [0.5, 0.6) is 0 Å². The topological polar surface area (TPSA) is 0 Å². The van der Waals surface area contributed by atoms with Crippen molar-refractivity contribution in [2.75, 3.05) is 0 Å². The average molecular weight is 235 g/mol. The molecule has 0 unspecified atom stereocenters. The van der Waals surface area contributed by atoms with E-state index in [0.717, 1.165) is 5.02 Å². The average Bonchev–Trinajstić information content (AvgIpc) is 2.64. The standard InChI is InChI=1S/C13H11ClS/c1-10-8-12(9-15-10)3-2-11-4-6-13(14)7-5-11/h2-9H,1H3/b3-2+. The molecule has 0 bridgehead atoms. The summed E-state index contributed by atoms with van der Waals surface area (Å²) >= 11 is 7.58. The molecule has 76 valence electrons. The van der Waals surface area contributed by atoms with Gasteiger partial charge in [-0.3, -0.25) is 0 Å². The number of rotatable bonds is 2. The second-order valence-corrected chi connectivity index (χ2v) is 4.93. The van der Waals surface area contributed by atoms with Gasteiger partial charge in [0.1, 0.15) is 0 Å². The van der Waals surface area contributed by atoms with Crippen LogP contribution in [0.15, 0.2) is 35.7 Å². The van der Waals surface area contributed by atoms with E-state index in [0.29, 0.717) is 0 Å². The van der Waals surface area contributed by atoms with Crippen LogP contribution in [0.3, 0.4) is 0 Å². The van der Waals surface area contributed by atoms with Gasteiger partial charge in [0, 0.05) is 9.90 Å². The zero-order valence-electron chi connectivity index (χ0n) is 8.41. The first-order chi connectivity index (χ1) is 7.24. The Hall–Kier alpha value is -1.05. The van der Waals surface area contributed by atoms with Crippen molar-refractivity contribution in [1.29, 1.82) is 0 Å². The summed E-state index contributed by atoms with van der Waals surface area (Å²) in [6.07, 6.45) is 4.21. The molecule has 0 saturated carbocycles. The van der Waals surface area contributed by atoms with Gasteiger partial charge >= 0.3 is 0 Å². The minimum atomic E-state index is 0.776. The van der Waals surface area contributed by atoms with Gasteiger partial charge in [-0.1, -0.05) is 35.9 Å². The Morgan fingerprint density at radius 1 is 1.07 bits per heavy atom. The highest BCUT2D eigenvalue weighted by Crippen LogP contribution is 2.16. The van der Waals surface area contributed by atoms with Gasteiger partial charge in [0.25, 0.3) is 0 Å². The third-order valence-electron chi connectivity index (χ3n) is 2.09. The van der Waals surface area contributed by atoms with Crippen LogP contribution in [0.4, 0.5) is 0 Å². The molecule has 0 radical (unpaired) electrons. The van der Waals surface area contributed by atoms with Crippen LogP contribution in [0.1, 0.15) is 16.0 Å². The number of halogens is 1. The molecule has 0 spiro atoms. The number of thiophene rings is 1. The van der Waals surface area contributed by atoms with Gasteiger partial charge in [0.2, 0.25) is 0 Å². The van der Waals surface area contributed by atoms with Crippen LogP contribution in [0, 0.1) is 6.92 Å². The van der Waals surface area contributed by atoms with E-state index >= 15 is 0 Å². The van der Waals surface area contributed by atoms with Crippen molar-refractivity contribution in [2.45, 2.75) is 6.92 Å². The Bertz CT molecular complexity index is 466. The Morgan fingerprint density at radius 2 is 1.73 bits per heavy atom. The van der Waals surface area contributed by atoms with Crippen molar-refractivity contribution in [1.82, 2.24) is 0 Å². The molecule has 1 heterocycles. The van der Waals surface area contributed by atoms with E-state index in [9.17, 15) is 0 Å². The highest BCUT2D eigenvalue weighted by molar-refractivity contribution is 7.10. The van der Waals surface area contributed by atoms with Crippen LogP contribution in [-0.4, -0.2) is 0 Å². The Morgan fingerprint density at radius 3 is 2.33 bits per heavy atom. The zero-order chi connectivity index (χ0) is 10.7. The van der Waals surface area contributed by atoms with E-state index < -0.39 is 0 Å². The molecule has 0 fully saturated rings. The SMILES string of the molecule is Cc1cc(/C=C/c2ccc(Cl)cc2)cs1. The van der Waals surface area contributed by atoms with E-state index in [1.165, 1.54) is 16.0 Å². The van der Waals surface area contributed by atoms with E-state index in [-0.39, 0.29) is 0 Å². The summed E-state index contributed by atoms with van der Waals surface area (Å²) in [5.41, 5.74) is 2.43. The number of aryl methyl sites for hydroxylation is 1. The fraction of sp³-hybridized carbons (Fsp3) is 0.0769. The lowest BCUT2D eigenvalue weighted by Crippen LogP contribution is -1.70. The molecule has 15 heavy (non-hydrogen) atoms. The van der Waals surface area contributed by atoms with Gasteiger partial charge in [-0.2, -0.15) is 0 Å². The molecule has 2 rings (SSSR count). The minimum absolute atomic E-state index is 0.776. The molecule has 0 aliphatic carbocycles. The summed E-state index contributed by atoms with van der Waals surface area (Å²) in [4.78, 5) is 1.34. The molecule has 0 atom stereocenters. The number of hydrogen-bond donors (Lipinski definition) is 0. The summed E-state index contributed by atoms with van der Waals surface area (Å²) in [5, 5.41) is 2.93. The first-order valence-electron chi connectivity index (χ1n) is 4.73. The maximum atomic E-state index is 5.81. The molecular weight excluding hydrogens is 224 g/mol. The summed E-state index contributed by atoms with van der Waals surface area (Å²) in [6.45, 7) is 2.12. The van der Waals surface area contributed by atoms with Crippen molar-refractivity contribution in [3.05, 3.63) is 56.7 Å². The van der Waals surface area contributed by atoms with Gasteiger partial charge in [-0.25, -0.2) is 0 Å². The van der Waals surface area contributed by atoms with Crippen molar-refractivity contribution < 1.29 is 0 Å². The number of benzene rings is 1. The van der Waals surface area contributed by atoms with Crippen LogP contribution in [0.2, 0.25) is 5.02 Å². The second-order valence-electron chi connectivity index (χ2n) is 3.38. The molecule has 2 aromatic rings. The van der Waals surface area contributed by atoms with Crippen molar-refractivity contribution in [2.24, 2.45) is 0 Å². The maximum absolute atomic E-state index is 5.81. The van der Waals surface area contributed by atoms with Crippen LogP contribution >= 0.6 is 22.9 Å². The molecule has 1 aromatic heterocycles. The normalized spacial score (nSPS) is 11.1. The Balaban J connectivity index is 2.14. The van der Waals surface area contributed by atoms with E-state index in [4.69, 9.17) is 11.6 Å². The summed E-state index contributed by atoms with van der Waals surface area (Å²) in [7, 11) is 0. The lowest BCUT2D eigenvalue weighted by Gasteiger charge is -1.92. The Labute approximate surface area is 98.8 Å². The van der Waals surface area contributed by atoms with Gasteiger partial charge in [-0.15, -0.1) is 11.3 Å². The molecule has 0 aliphatic rings. The second kappa shape index (κ2) is 4.65. The molecule has 0 N–H and O–H groups in total. The van der Waals surface area contributed by atoms with Crippen molar-refractivity contribution in [3.8, 4) is 0 Å². The minimum Gasteiger partial charge on any atom is -0.149 e. The first kappa shape index (κ1) is 10.5.